The molecule has 2 heterocycles. The van der Waals surface area contributed by atoms with E-state index in [4.69, 9.17) is 4.42 Å². The average molecular weight is 194 g/mol. The number of hydrogen-bond acceptors (Lipinski definition) is 3. The molecular formula is C10H14N2O2. The predicted molar refractivity (Wildman–Crippen MR) is 51.6 cm³/mol. The van der Waals surface area contributed by atoms with Crippen LogP contribution < -0.4 is 0 Å². The second kappa shape index (κ2) is 3.84. The van der Waals surface area contributed by atoms with Gasteiger partial charge in [0.25, 0.3) is 0 Å². The van der Waals surface area contributed by atoms with E-state index in [9.17, 15) is 4.79 Å². The minimum Gasteiger partial charge on any atom is -0.468 e. The third-order valence-corrected chi connectivity index (χ3v) is 2.50. The van der Waals surface area contributed by atoms with Crippen LogP contribution in [-0.2, 0) is 11.3 Å². The zero-order valence-electron chi connectivity index (χ0n) is 8.27. The molecule has 0 radical (unpaired) electrons. The predicted octanol–water partition coefficient (Wildman–Crippen LogP) is 0.554. The molecule has 0 atom stereocenters. The monoisotopic (exact) mass is 194 g/mol. The minimum atomic E-state index is 0.183. The summed E-state index contributed by atoms with van der Waals surface area (Å²) in [6.45, 7) is 2.95. The number of hydrogen-bond donors (Lipinski definition) is 0. The van der Waals surface area contributed by atoms with Crippen molar-refractivity contribution in [2.24, 2.45) is 0 Å². The van der Waals surface area contributed by atoms with Gasteiger partial charge in [-0.2, -0.15) is 0 Å². The van der Waals surface area contributed by atoms with Crippen LogP contribution >= 0.6 is 0 Å². The summed E-state index contributed by atoms with van der Waals surface area (Å²) in [5.41, 5.74) is 0. The van der Waals surface area contributed by atoms with E-state index in [0.717, 1.165) is 25.4 Å². The Labute approximate surface area is 83.1 Å². The number of furan rings is 1. The molecule has 0 unspecified atom stereocenters. The first-order chi connectivity index (χ1) is 6.75. The molecule has 1 aliphatic heterocycles. The van der Waals surface area contributed by atoms with Crippen molar-refractivity contribution in [3.63, 3.8) is 0 Å². The first-order valence-electron chi connectivity index (χ1n) is 4.74. The van der Waals surface area contributed by atoms with Crippen LogP contribution in [0.4, 0.5) is 0 Å². The highest BCUT2D eigenvalue weighted by Crippen LogP contribution is 2.08. The van der Waals surface area contributed by atoms with Crippen LogP contribution in [0.2, 0.25) is 0 Å². The second-order valence-electron chi connectivity index (χ2n) is 3.61. The number of likely N-dealkylation sites (N-methyl/N-ethyl adjacent to an activating group) is 1. The fourth-order valence-electron chi connectivity index (χ4n) is 1.57. The largest absolute Gasteiger partial charge is 0.468 e. The van der Waals surface area contributed by atoms with Crippen LogP contribution in [-0.4, -0.2) is 42.4 Å². The third-order valence-electron chi connectivity index (χ3n) is 2.50. The molecular weight excluding hydrogens is 180 g/mol. The molecule has 1 saturated heterocycles. The summed E-state index contributed by atoms with van der Waals surface area (Å²) in [6, 6.07) is 3.80. The Morgan fingerprint density at radius 3 is 3.00 bits per heavy atom. The summed E-state index contributed by atoms with van der Waals surface area (Å²) in [4.78, 5) is 15.2. The molecule has 0 bridgehead atoms. The second-order valence-corrected chi connectivity index (χ2v) is 3.61. The fraction of sp³-hybridized carbons (Fsp3) is 0.500. The van der Waals surface area contributed by atoms with Crippen molar-refractivity contribution in [3.8, 4) is 0 Å². The van der Waals surface area contributed by atoms with Gasteiger partial charge in [-0.25, -0.2) is 0 Å². The maximum atomic E-state index is 11.4. The molecule has 0 spiro atoms. The van der Waals surface area contributed by atoms with Crippen molar-refractivity contribution in [3.05, 3.63) is 24.2 Å². The van der Waals surface area contributed by atoms with Gasteiger partial charge < -0.3 is 9.32 Å². The van der Waals surface area contributed by atoms with Gasteiger partial charge in [0.2, 0.25) is 5.91 Å². The summed E-state index contributed by atoms with van der Waals surface area (Å²) >= 11 is 0. The highest BCUT2D eigenvalue weighted by atomic mass is 16.3. The maximum absolute atomic E-state index is 11.4. The lowest BCUT2D eigenvalue weighted by atomic mass is 10.3. The maximum Gasteiger partial charge on any atom is 0.236 e. The number of piperazine rings is 1. The van der Waals surface area contributed by atoms with E-state index in [1.807, 2.05) is 19.2 Å². The molecule has 4 heteroatoms. The van der Waals surface area contributed by atoms with E-state index >= 15 is 0 Å². The van der Waals surface area contributed by atoms with Crippen LogP contribution in [0.5, 0.6) is 0 Å². The molecule has 1 aromatic rings. The van der Waals surface area contributed by atoms with Gasteiger partial charge >= 0.3 is 0 Å². The zero-order chi connectivity index (χ0) is 9.97. The van der Waals surface area contributed by atoms with Gasteiger partial charge in [-0.05, 0) is 12.1 Å². The summed E-state index contributed by atoms with van der Waals surface area (Å²) in [6.07, 6.45) is 1.66. The van der Waals surface area contributed by atoms with Gasteiger partial charge in [0, 0.05) is 20.1 Å². The Hall–Kier alpha value is -1.29. The molecule has 1 fully saturated rings. The van der Waals surface area contributed by atoms with Crippen LogP contribution in [0.1, 0.15) is 5.76 Å². The first-order valence-corrected chi connectivity index (χ1v) is 4.74. The van der Waals surface area contributed by atoms with Gasteiger partial charge in [-0.3, -0.25) is 9.69 Å². The SMILES string of the molecule is CN1CCN(Cc2ccco2)CC1=O. The number of carbonyl (C=O) groups excluding carboxylic acids is 1. The molecule has 0 aromatic carbocycles. The standard InChI is InChI=1S/C10H14N2O2/c1-11-4-5-12(8-10(11)13)7-9-3-2-6-14-9/h2-3,6H,4-5,7-8H2,1H3. The van der Waals surface area contributed by atoms with Crippen molar-refractivity contribution < 1.29 is 9.21 Å². The molecule has 2 rings (SSSR count). The van der Waals surface area contributed by atoms with Crippen molar-refractivity contribution in [1.82, 2.24) is 9.80 Å². The first kappa shape index (κ1) is 9.27. The van der Waals surface area contributed by atoms with Crippen LogP contribution in [0.15, 0.2) is 22.8 Å². The summed E-state index contributed by atoms with van der Waals surface area (Å²) in [5.74, 6) is 1.10. The van der Waals surface area contributed by atoms with E-state index in [2.05, 4.69) is 4.90 Å². The van der Waals surface area contributed by atoms with Crippen molar-refractivity contribution >= 4 is 5.91 Å². The summed E-state index contributed by atoms with van der Waals surface area (Å²) in [7, 11) is 1.84. The quantitative estimate of drug-likeness (QED) is 0.690. The fourth-order valence-corrected chi connectivity index (χ4v) is 1.57. The van der Waals surface area contributed by atoms with E-state index in [1.54, 1.807) is 11.2 Å². The van der Waals surface area contributed by atoms with Crippen LogP contribution in [0.25, 0.3) is 0 Å². The van der Waals surface area contributed by atoms with E-state index in [0.29, 0.717) is 6.54 Å². The molecule has 0 aliphatic carbocycles. The molecule has 4 nitrogen and oxygen atoms in total. The Morgan fingerprint density at radius 1 is 1.50 bits per heavy atom. The van der Waals surface area contributed by atoms with Gasteiger partial charge in [0.05, 0.1) is 19.4 Å². The summed E-state index contributed by atoms with van der Waals surface area (Å²) < 4.78 is 5.23. The number of carbonyl (C=O) groups is 1. The lowest BCUT2D eigenvalue weighted by Crippen LogP contribution is -2.47. The van der Waals surface area contributed by atoms with Gasteiger partial charge in [-0.1, -0.05) is 0 Å². The van der Waals surface area contributed by atoms with Gasteiger partial charge in [0.1, 0.15) is 5.76 Å². The van der Waals surface area contributed by atoms with Crippen molar-refractivity contribution in [2.45, 2.75) is 6.54 Å². The molecule has 14 heavy (non-hydrogen) atoms. The molecule has 0 N–H and O–H groups in total. The normalized spacial score (nSPS) is 18.9. The van der Waals surface area contributed by atoms with E-state index in [1.165, 1.54) is 0 Å². The Bertz CT molecular complexity index is 308. The smallest absolute Gasteiger partial charge is 0.236 e. The molecule has 1 amide bonds. The van der Waals surface area contributed by atoms with Crippen molar-refractivity contribution in [2.75, 3.05) is 26.7 Å². The van der Waals surface area contributed by atoms with Gasteiger partial charge in [0.15, 0.2) is 0 Å². The minimum absolute atomic E-state index is 0.183. The molecule has 1 aromatic heterocycles. The molecule has 0 saturated carbocycles. The lowest BCUT2D eigenvalue weighted by molar-refractivity contribution is -0.134. The number of rotatable bonds is 2. The molecule has 76 valence electrons. The topological polar surface area (TPSA) is 36.7 Å². The number of amides is 1. The molecule has 1 aliphatic rings. The Morgan fingerprint density at radius 2 is 2.36 bits per heavy atom. The highest BCUT2D eigenvalue weighted by molar-refractivity contribution is 5.78. The zero-order valence-corrected chi connectivity index (χ0v) is 8.27. The number of nitrogens with zero attached hydrogens (tertiary/aromatic N) is 2. The Balaban J connectivity index is 1.91. The van der Waals surface area contributed by atoms with Gasteiger partial charge in [-0.15, -0.1) is 0 Å². The Kier molecular flexibility index (Phi) is 2.54. The third kappa shape index (κ3) is 1.96. The van der Waals surface area contributed by atoms with E-state index in [-0.39, 0.29) is 5.91 Å². The van der Waals surface area contributed by atoms with Crippen LogP contribution in [0, 0.1) is 0 Å². The van der Waals surface area contributed by atoms with E-state index < -0.39 is 0 Å². The van der Waals surface area contributed by atoms with Crippen molar-refractivity contribution in [1.29, 1.82) is 0 Å². The highest BCUT2D eigenvalue weighted by Gasteiger charge is 2.21. The average Bonchev–Trinajstić information content (AvgIpc) is 2.64. The van der Waals surface area contributed by atoms with Crippen LogP contribution in [0.3, 0.4) is 0 Å². The summed E-state index contributed by atoms with van der Waals surface area (Å²) in [5, 5.41) is 0. The lowest BCUT2D eigenvalue weighted by Gasteiger charge is -2.31.